The van der Waals surface area contributed by atoms with Crippen LogP contribution in [-0.4, -0.2) is 13.1 Å². The highest BCUT2D eigenvalue weighted by atomic mass is 14.9. The summed E-state index contributed by atoms with van der Waals surface area (Å²) in [6.07, 6.45) is 0. The fourth-order valence-corrected chi connectivity index (χ4v) is 1.69. The van der Waals surface area contributed by atoms with Crippen LogP contribution in [0.25, 0.3) is 0 Å². The van der Waals surface area contributed by atoms with Gasteiger partial charge in [-0.1, -0.05) is 19.9 Å². The molecule has 1 aromatic rings. The summed E-state index contributed by atoms with van der Waals surface area (Å²) in [5, 5.41) is 3.47. The van der Waals surface area contributed by atoms with E-state index < -0.39 is 0 Å². The SMILES string of the molecule is Cc1ccc(NCC(CN)C(C)C)cc1C. The Morgan fingerprint density at radius 2 is 1.88 bits per heavy atom. The Kier molecular flexibility index (Phi) is 4.81. The summed E-state index contributed by atoms with van der Waals surface area (Å²) in [5.41, 5.74) is 9.62. The van der Waals surface area contributed by atoms with Crippen molar-refractivity contribution >= 4 is 5.69 Å². The van der Waals surface area contributed by atoms with Gasteiger partial charge in [0, 0.05) is 12.2 Å². The van der Waals surface area contributed by atoms with Crippen LogP contribution in [0, 0.1) is 25.7 Å². The normalized spacial score (nSPS) is 12.9. The Balaban J connectivity index is 2.57. The van der Waals surface area contributed by atoms with Crippen molar-refractivity contribution in [2.75, 3.05) is 18.4 Å². The second-order valence-corrected chi connectivity index (χ2v) is 4.92. The number of hydrogen-bond donors (Lipinski definition) is 2. The number of benzene rings is 1. The van der Waals surface area contributed by atoms with Crippen molar-refractivity contribution in [3.05, 3.63) is 29.3 Å². The van der Waals surface area contributed by atoms with Crippen LogP contribution in [0.3, 0.4) is 0 Å². The number of rotatable bonds is 5. The largest absolute Gasteiger partial charge is 0.385 e. The zero-order valence-corrected chi connectivity index (χ0v) is 10.9. The Hall–Kier alpha value is -1.02. The van der Waals surface area contributed by atoms with Crippen LogP contribution in [0.15, 0.2) is 18.2 Å². The monoisotopic (exact) mass is 220 g/mol. The van der Waals surface area contributed by atoms with Crippen LogP contribution < -0.4 is 11.1 Å². The molecule has 0 aliphatic heterocycles. The molecule has 0 amide bonds. The number of nitrogens with one attached hydrogen (secondary N) is 1. The Morgan fingerprint density at radius 1 is 1.19 bits per heavy atom. The Labute approximate surface area is 99.2 Å². The molecule has 1 unspecified atom stereocenters. The van der Waals surface area contributed by atoms with Crippen LogP contribution >= 0.6 is 0 Å². The molecule has 1 aromatic carbocycles. The predicted molar refractivity (Wildman–Crippen MR) is 71.8 cm³/mol. The summed E-state index contributed by atoms with van der Waals surface area (Å²) >= 11 is 0. The molecule has 3 N–H and O–H groups in total. The summed E-state index contributed by atoms with van der Waals surface area (Å²) in [5.74, 6) is 1.17. The lowest BCUT2D eigenvalue weighted by Crippen LogP contribution is -2.27. The van der Waals surface area contributed by atoms with Gasteiger partial charge >= 0.3 is 0 Å². The molecule has 0 bridgehead atoms. The highest BCUT2D eigenvalue weighted by Crippen LogP contribution is 2.16. The minimum absolute atomic E-state index is 0.543. The van der Waals surface area contributed by atoms with E-state index in [2.05, 4.69) is 51.2 Å². The topological polar surface area (TPSA) is 38.0 Å². The van der Waals surface area contributed by atoms with Gasteiger partial charge in [0.2, 0.25) is 0 Å². The number of hydrogen-bond acceptors (Lipinski definition) is 2. The van der Waals surface area contributed by atoms with E-state index in [9.17, 15) is 0 Å². The third kappa shape index (κ3) is 3.53. The van der Waals surface area contributed by atoms with Crippen molar-refractivity contribution in [2.24, 2.45) is 17.6 Å². The minimum Gasteiger partial charge on any atom is -0.385 e. The smallest absolute Gasteiger partial charge is 0.0343 e. The third-order valence-electron chi connectivity index (χ3n) is 3.32. The fraction of sp³-hybridized carbons (Fsp3) is 0.571. The van der Waals surface area contributed by atoms with E-state index in [-0.39, 0.29) is 0 Å². The van der Waals surface area contributed by atoms with Crippen molar-refractivity contribution in [1.29, 1.82) is 0 Å². The lowest BCUT2D eigenvalue weighted by atomic mass is 9.96. The van der Waals surface area contributed by atoms with E-state index in [1.165, 1.54) is 16.8 Å². The number of nitrogens with two attached hydrogens (primary N) is 1. The van der Waals surface area contributed by atoms with Crippen molar-refractivity contribution in [3.8, 4) is 0 Å². The van der Waals surface area contributed by atoms with Crippen LogP contribution in [0.5, 0.6) is 0 Å². The molecule has 0 spiro atoms. The Morgan fingerprint density at radius 3 is 2.38 bits per heavy atom. The number of anilines is 1. The first kappa shape index (κ1) is 13.0. The van der Waals surface area contributed by atoms with Gasteiger partial charge in [0.15, 0.2) is 0 Å². The van der Waals surface area contributed by atoms with Crippen LogP contribution in [0.1, 0.15) is 25.0 Å². The average molecular weight is 220 g/mol. The maximum Gasteiger partial charge on any atom is 0.0343 e. The van der Waals surface area contributed by atoms with Crippen molar-refractivity contribution in [1.82, 2.24) is 0 Å². The standard InChI is InChI=1S/C14H24N2/c1-10(2)13(8-15)9-16-14-6-5-11(3)12(4)7-14/h5-7,10,13,16H,8-9,15H2,1-4H3. The van der Waals surface area contributed by atoms with Gasteiger partial charge in [-0.25, -0.2) is 0 Å². The molecule has 1 rings (SSSR count). The van der Waals surface area contributed by atoms with Gasteiger partial charge in [-0.05, 0) is 55.5 Å². The molecule has 0 fully saturated rings. The average Bonchev–Trinajstić information content (AvgIpc) is 2.23. The molecule has 90 valence electrons. The molecule has 0 aliphatic rings. The van der Waals surface area contributed by atoms with Crippen molar-refractivity contribution in [2.45, 2.75) is 27.7 Å². The van der Waals surface area contributed by atoms with E-state index in [0.717, 1.165) is 13.1 Å². The first-order valence-corrected chi connectivity index (χ1v) is 6.05. The molecule has 2 nitrogen and oxygen atoms in total. The van der Waals surface area contributed by atoms with Crippen LogP contribution in [0.4, 0.5) is 5.69 Å². The first-order valence-electron chi connectivity index (χ1n) is 6.05. The molecule has 0 aromatic heterocycles. The maximum absolute atomic E-state index is 5.75. The van der Waals surface area contributed by atoms with E-state index in [4.69, 9.17) is 5.73 Å². The van der Waals surface area contributed by atoms with Gasteiger partial charge in [0.25, 0.3) is 0 Å². The summed E-state index contributed by atoms with van der Waals surface area (Å²) in [6, 6.07) is 6.49. The van der Waals surface area contributed by atoms with Gasteiger partial charge in [0.1, 0.15) is 0 Å². The van der Waals surface area contributed by atoms with Gasteiger partial charge in [-0.15, -0.1) is 0 Å². The third-order valence-corrected chi connectivity index (χ3v) is 3.32. The summed E-state index contributed by atoms with van der Waals surface area (Å²) in [4.78, 5) is 0. The van der Waals surface area contributed by atoms with E-state index >= 15 is 0 Å². The molecular weight excluding hydrogens is 196 g/mol. The van der Waals surface area contributed by atoms with E-state index in [0.29, 0.717) is 11.8 Å². The van der Waals surface area contributed by atoms with E-state index in [1.807, 2.05) is 0 Å². The second kappa shape index (κ2) is 5.90. The predicted octanol–water partition coefficient (Wildman–Crippen LogP) is 2.95. The molecule has 2 heteroatoms. The molecule has 0 saturated carbocycles. The molecule has 0 aliphatic carbocycles. The van der Waals surface area contributed by atoms with E-state index in [1.54, 1.807) is 0 Å². The molecule has 0 radical (unpaired) electrons. The summed E-state index contributed by atoms with van der Waals surface area (Å²) in [7, 11) is 0. The molecule has 16 heavy (non-hydrogen) atoms. The van der Waals surface area contributed by atoms with Crippen molar-refractivity contribution < 1.29 is 0 Å². The van der Waals surface area contributed by atoms with Gasteiger partial charge in [-0.3, -0.25) is 0 Å². The fourth-order valence-electron chi connectivity index (χ4n) is 1.69. The van der Waals surface area contributed by atoms with Gasteiger partial charge < -0.3 is 11.1 Å². The van der Waals surface area contributed by atoms with Crippen LogP contribution in [0.2, 0.25) is 0 Å². The molecule has 1 atom stereocenters. The molecule has 0 heterocycles. The summed E-state index contributed by atoms with van der Waals surface area (Å²) < 4.78 is 0. The van der Waals surface area contributed by atoms with Gasteiger partial charge in [0.05, 0.1) is 0 Å². The van der Waals surface area contributed by atoms with Crippen LogP contribution in [-0.2, 0) is 0 Å². The molecular formula is C14H24N2. The number of aryl methyl sites for hydroxylation is 2. The first-order chi connectivity index (χ1) is 7.54. The van der Waals surface area contributed by atoms with Crippen molar-refractivity contribution in [3.63, 3.8) is 0 Å². The van der Waals surface area contributed by atoms with Gasteiger partial charge in [-0.2, -0.15) is 0 Å². The minimum atomic E-state index is 0.543. The maximum atomic E-state index is 5.75. The highest BCUT2D eigenvalue weighted by Gasteiger charge is 2.10. The lowest BCUT2D eigenvalue weighted by Gasteiger charge is -2.20. The zero-order chi connectivity index (χ0) is 12.1. The lowest BCUT2D eigenvalue weighted by molar-refractivity contribution is 0.413. The molecule has 0 saturated heterocycles. The summed E-state index contributed by atoms with van der Waals surface area (Å²) in [6.45, 7) is 10.4. The quantitative estimate of drug-likeness (QED) is 0.800. The second-order valence-electron chi connectivity index (χ2n) is 4.92. The Bertz CT molecular complexity index is 332. The highest BCUT2D eigenvalue weighted by molar-refractivity contribution is 5.48. The zero-order valence-electron chi connectivity index (χ0n) is 10.9.